The lowest BCUT2D eigenvalue weighted by Crippen LogP contribution is -2.40. The van der Waals surface area contributed by atoms with Crippen LogP contribution in [0.3, 0.4) is 0 Å². The van der Waals surface area contributed by atoms with Gasteiger partial charge in [-0.2, -0.15) is 0 Å². The number of anilines is 1. The van der Waals surface area contributed by atoms with Crippen LogP contribution in [0.2, 0.25) is 0 Å². The Balaban J connectivity index is 1.51. The fourth-order valence-electron chi connectivity index (χ4n) is 5.54. The molecule has 9 nitrogen and oxygen atoms in total. The third kappa shape index (κ3) is 4.63. The molecule has 1 atom stereocenters. The molecule has 10 heteroatoms. The molecule has 3 heterocycles. The number of benzene rings is 3. The molecule has 1 amide bonds. The zero-order chi connectivity index (χ0) is 29.1. The van der Waals surface area contributed by atoms with Crippen LogP contribution in [0.4, 0.5) is 14.9 Å². The molecule has 2 aliphatic rings. The Morgan fingerprint density at radius 1 is 1.12 bits per heavy atom. The van der Waals surface area contributed by atoms with Crippen LogP contribution in [-0.2, 0) is 9.47 Å². The Kier molecular flexibility index (Phi) is 6.36. The molecule has 212 valence electrons. The van der Waals surface area contributed by atoms with Gasteiger partial charge in [0.15, 0.2) is 17.3 Å². The van der Waals surface area contributed by atoms with Gasteiger partial charge in [0.2, 0.25) is 5.43 Å². The third-order valence-corrected chi connectivity index (χ3v) is 7.21. The van der Waals surface area contributed by atoms with Crippen molar-refractivity contribution in [3.63, 3.8) is 0 Å². The maximum Gasteiger partial charge on any atom is 0.407 e. The summed E-state index contributed by atoms with van der Waals surface area (Å²) in [7, 11) is 0. The van der Waals surface area contributed by atoms with Crippen molar-refractivity contribution >= 4 is 39.4 Å². The van der Waals surface area contributed by atoms with E-state index in [2.05, 4.69) is 5.32 Å². The molecule has 0 radical (unpaired) electrons. The number of nitrogens with one attached hydrogen (secondary N) is 1. The minimum atomic E-state index is -0.779. The normalized spacial score (nSPS) is 15.9. The van der Waals surface area contributed by atoms with Crippen LogP contribution < -0.4 is 20.4 Å². The highest BCUT2D eigenvalue weighted by Crippen LogP contribution is 2.49. The lowest BCUT2D eigenvalue weighted by molar-refractivity contribution is 0.0503. The number of halogens is 1. The van der Waals surface area contributed by atoms with Crippen LogP contribution in [-0.4, -0.2) is 48.0 Å². The molecule has 0 saturated carbocycles. The number of esters is 1. The fourth-order valence-corrected chi connectivity index (χ4v) is 5.54. The highest BCUT2D eigenvalue weighted by molar-refractivity contribution is 6.02. The zero-order valence-electron chi connectivity index (χ0n) is 23.2. The number of aromatic nitrogens is 1. The molecular formula is C31H30FN3O6. The van der Waals surface area contributed by atoms with Gasteiger partial charge in [0.25, 0.3) is 0 Å². The first kappa shape index (κ1) is 26.6. The predicted octanol–water partition coefficient (Wildman–Crippen LogP) is 5.67. The quantitative estimate of drug-likeness (QED) is 0.283. The maximum absolute atomic E-state index is 16.0. The summed E-state index contributed by atoms with van der Waals surface area (Å²) in [6.45, 7) is 7.85. The van der Waals surface area contributed by atoms with E-state index in [1.165, 1.54) is 6.20 Å². The van der Waals surface area contributed by atoms with Crippen molar-refractivity contribution in [1.82, 2.24) is 9.88 Å². The van der Waals surface area contributed by atoms with Crippen molar-refractivity contribution in [2.24, 2.45) is 0 Å². The number of nitrogens with zero attached hydrogens (tertiary/aromatic N) is 2. The third-order valence-electron chi connectivity index (χ3n) is 7.21. The number of carbonyl (C=O) groups is 2. The molecule has 3 aromatic carbocycles. The summed E-state index contributed by atoms with van der Waals surface area (Å²) in [5.74, 6) is -0.795. The van der Waals surface area contributed by atoms with Crippen molar-refractivity contribution in [2.45, 2.75) is 45.8 Å². The summed E-state index contributed by atoms with van der Waals surface area (Å²) in [5, 5.41) is 4.58. The second kappa shape index (κ2) is 9.79. The molecule has 1 aromatic heterocycles. The summed E-state index contributed by atoms with van der Waals surface area (Å²) >= 11 is 0. The van der Waals surface area contributed by atoms with Crippen molar-refractivity contribution in [3.05, 3.63) is 70.3 Å². The van der Waals surface area contributed by atoms with Crippen LogP contribution in [0.1, 0.15) is 44.5 Å². The van der Waals surface area contributed by atoms with Crippen LogP contribution in [0, 0.1) is 5.82 Å². The largest absolute Gasteiger partial charge is 0.462 e. The van der Waals surface area contributed by atoms with E-state index >= 15 is 4.39 Å². The monoisotopic (exact) mass is 559 g/mol. The Bertz CT molecular complexity index is 1790. The number of carbonyl (C=O) groups excluding carboxylic acids is 2. The molecule has 0 spiro atoms. The van der Waals surface area contributed by atoms with Gasteiger partial charge >= 0.3 is 12.1 Å². The maximum atomic E-state index is 16.0. The van der Waals surface area contributed by atoms with Crippen LogP contribution in [0.5, 0.6) is 11.5 Å². The Hall–Kier alpha value is -4.60. The Morgan fingerprint density at radius 2 is 1.90 bits per heavy atom. The molecule has 4 aromatic rings. The second-order valence-corrected chi connectivity index (χ2v) is 11.2. The highest BCUT2D eigenvalue weighted by Gasteiger charge is 2.35. The van der Waals surface area contributed by atoms with E-state index in [0.29, 0.717) is 36.5 Å². The highest BCUT2D eigenvalue weighted by atomic mass is 19.1. The van der Waals surface area contributed by atoms with E-state index in [0.717, 1.165) is 16.8 Å². The van der Waals surface area contributed by atoms with Crippen molar-refractivity contribution < 1.29 is 28.2 Å². The zero-order valence-corrected chi connectivity index (χ0v) is 23.2. The summed E-state index contributed by atoms with van der Waals surface area (Å²) in [6, 6.07) is 12.3. The molecule has 41 heavy (non-hydrogen) atoms. The van der Waals surface area contributed by atoms with E-state index in [1.54, 1.807) is 37.2 Å². The smallest absolute Gasteiger partial charge is 0.407 e. The number of hydrogen-bond donors (Lipinski definition) is 1. The van der Waals surface area contributed by atoms with Crippen LogP contribution in [0.25, 0.3) is 27.4 Å². The number of fused-ring (bicyclic) bond motifs is 4. The number of hydrogen-bond acceptors (Lipinski definition) is 7. The van der Waals surface area contributed by atoms with Crippen LogP contribution >= 0.6 is 0 Å². The second-order valence-electron chi connectivity index (χ2n) is 11.2. The van der Waals surface area contributed by atoms with Gasteiger partial charge in [-0.3, -0.25) is 4.79 Å². The van der Waals surface area contributed by atoms with Gasteiger partial charge in [0, 0.05) is 24.7 Å². The standard InChI is InChI=1S/C31H30FN3O6/c1-5-39-29(37)21-16-35-23-11-10-17-8-6-7-9-19(17)27(23)40-28-24(35)20(26(21)36)14-22(32)25(28)34-13-12-18(15-34)33-30(38)41-31(2,3)4/h6-11,14,16,18H,5,12-13,15H2,1-4H3,(H,33,38). The average Bonchev–Trinajstić information content (AvgIpc) is 3.36. The summed E-state index contributed by atoms with van der Waals surface area (Å²) in [4.78, 5) is 40.4. The molecule has 2 aliphatic heterocycles. The summed E-state index contributed by atoms with van der Waals surface area (Å²) in [6.07, 6.45) is 1.46. The number of ether oxygens (including phenoxy) is 3. The molecule has 1 fully saturated rings. The SMILES string of the molecule is CCOC(=O)c1cn2c3c(c(N4CCC(NC(=O)OC(C)(C)C)C4)c(F)cc3c1=O)Oc1c-2ccc2ccccc12. The first-order valence-electron chi connectivity index (χ1n) is 13.6. The minimum absolute atomic E-state index is 0.00763. The molecule has 1 unspecified atom stereocenters. The van der Waals surface area contributed by atoms with Crippen molar-refractivity contribution in [2.75, 3.05) is 24.6 Å². The van der Waals surface area contributed by atoms with Gasteiger partial charge in [-0.05, 0) is 51.6 Å². The van der Waals surface area contributed by atoms with Gasteiger partial charge < -0.3 is 29.0 Å². The van der Waals surface area contributed by atoms with E-state index in [9.17, 15) is 14.4 Å². The first-order valence-corrected chi connectivity index (χ1v) is 13.6. The number of rotatable bonds is 4. The van der Waals surface area contributed by atoms with Crippen LogP contribution in [0.15, 0.2) is 53.5 Å². The minimum Gasteiger partial charge on any atom is -0.462 e. The molecule has 0 aliphatic carbocycles. The van der Waals surface area contributed by atoms with Crippen molar-refractivity contribution in [1.29, 1.82) is 0 Å². The van der Waals surface area contributed by atoms with Gasteiger partial charge in [0.05, 0.1) is 23.7 Å². The molecule has 6 rings (SSSR count). The first-order chi connectivity index (χ1) is 19.6. The Morgan fingerprint density at radius 3 is 2.66 bits per heavy atom. The van der Waals surface area contributed by atoms with E-state index in [4.69, 9.17) is 14.2 Å². The van der Waals surface area contributed by atoms with E-state index < -0.39 is 28.9 Å². The van der Waals surface area contributed by atoms with Gasteiger partial charge in [0.1, 0.15) is 22.4 Å². The number of amides is 1. The van der Waals surface area contributed by atoms with Gasteiger partial charge in [-0.25, -0.2) is 14.0 Å². The van der Waals surface area contributed by atoms with Gasteiger partial charge in [-0.1, -0.05) is 30.3 Å². The van der Waals surface area contributed by atoms with Gasteiger partial charge in [-0.15, -0.1) is 0 Å². The molecule has 1 N–H and O–H groups in total. The van der Waals surface area contributed by atoms with E-state index in [-0.39, 0.29) is 35.0 Å². The number of alkyl carbamates (subject to hydrolysis) is 1. The van der Waals surface area contributed by atoms with Crippen molar-refractivity contribution in [3.8, 4) is 17.2 Å². The predicted molar refractivity (Wildman–Crippen MR) is 153 cm³/mol. The Labute approximate surface area is 235 Å². The fraction of sp³-hybridized carbons (Fsp3) is 0.323. The lowest BCUT2D eigenvalue weighted by Gasteiger charge is -2.30. The molecule has 1 saturated heterocycles. The summed E-state index contributed by atoms with van der Waals surface area (Å²) in [5.41, 5.74) is -0.337. The molecule has 0 bridgehead atoms. The van der Waals surface area contributed by atoms with E-state index in [1.807, 2.05) is 36.4 Å². The summed E-state index contributed by atoms with van der Waals surface area (Å²) < 4.78 is 34.8. The average molecular weight is 560 g/mol. The topological polar surface area (TPSA) is 99.1 Å². The molecular weight excluding hydrogens is 529 g/mol. The lowest BCUT2D eigenvalue weighted by atomic mass is 10.0. The number of pyridine rings is 1.